The molecule has 0 radical (unpaired) electrons. The quantitative estimate of drug-likeness (QED) is 0.246. The van der Waals surface area contributed by atoms with Crippen LogP contribution >= 0.6 is 21.6 Å². The van der Waals surface area contributed by atoms with Gasteiger partial charge in [0.1, 0.15) is 0 Å². The van der Waals surface area contributed by atoms with Crippen molar-refractivity contribution in [2.45, 2.75) is 31.1 Å². The predicted molar refractivity (Wildman–Crippen MR) is 86.1 cm³/mol. The number of halogens is 4. The van der Waals surface area contributed by atoms with E-state index in [1.54, 1.807) is 12.2 Å². The molecule has 6 nitrogen and oxygen atoms in total. The molecule has 0 saturated heterocycles. The van der Waals surface area contributed by atoms with Crippen molar-refractivity contribution >= 4 is 39.4 Å². The average Bonchev–Trinajstić information content (AvgIpc) is 2.93. The SMILES string of the molecule is O=C(O)C(F)(F)F.O=C(O)CCSSCCNC(=O)C1(F)CC=CC1. The van der Waals surface area contributed by atoms with Gasteiger partial charge in [-0.15, -0.1) is 0 Å². The highest BCUT2D eigenvalue weighted by atomic mass is 33.1. The molecule has 0 spiro atoms. The molecule has 0 heterocycles. The number of carbonyl (C=O) groups is 3. The van der Waals surface area contributed by atoms with E-state index in [1.807, 2.05) is 0 Å². The standard InChI is InChI=1S/C11H16FNO3S2.C2HF3O2/c12-11(4-1-2-5-11)10(16)13-6-8-18-17-7-3-9(14)15;3-2(4,5)1(6)7/h1-2H,3-8H2,(H,13,16)(H,14,15);(H,6,7). The van der Waals surface area contributed by atoms with E-state index in [-0.39, 0.29) is 19.3 Å². The third-order valence-corrected chi connectivity index (χ3v) is 5.06. The molecular formula is C13H17F4NO5S2. The van der Waals surface area contributed by atoms with Gasteiger partial charge in [-0.05, 0) is 0 Å². The van der Waals surface area contributed by atoms with E-state index >= 15 is 0 Å². The minimum absolute atomic E-state index is 0.128. The van der Waals surface area contributed by atoms with Crippen molar-refractivity contribution in [3.05, 3.63) is 12.2 Å². The Balaban J connectivity index is 0.000000697. The van der Waals surface area contributed by atoms with E-state index in [2.05, 4.69) is 5.32 Å². The molecule has 1 aliphatic carbocycles. The summed E-state index contributed by atoms with van der Waals surface area (Å²) in [5, 5.41) is 18.1. The van der Waals surface area contributed by atoms with Gasteiger partial charge >= 0.3 is 18.1 Å². The van der Waals surface area contributed by atoms with E-state index in [4.69, 9.17) is 15.0 Å². The van der Waals surface area contributed by atoms with Gasteiger partial charge in [-0.1, -0.05) is 33.7 Å². The highest BCUT2D eigenvalue weighted by molar-refractivity contribution is 8.76. The molecule has 0 unspecified atom stereocenters. The second kappa shape index (κ2) is 11.2. The Morgan fingerprint density at radius 1 is 1.08 bits per heavy atom. The maximum Gasteiger partial charge on any atom is 0.490 e. The van der Waals surface area contributed by atoms with Crippen LogP contribution in [0.4, 0.5) is 17.6 Å². The van der Waals surface area contributed by atoms with Gasteiger partial charge in [-0.25, -0.2) is 9.18 Å². The number of nitrogens with one attached hydrogen (secondary N) is 1. The molecule has 144 valence electrons. The lowest BCUT2D eigenvalue weighted by atomic mass is 10.0. The van der Waals surface area contributed by atoms with Crippen LogP contribution in [0.3, 0.4) is 0 Å². The van der Waals surface area contributed by atoms with E-state index in [0.29, 0.717) is 18.1 Å². The first-order chi connectivity index (χ1) is 11.5. The van der Waals surface area contributed by atoms with Gasteiger partial charge in [0.15, 0.2) is 5.67 Å². The van der Waals surface area contributed by atoms with Crippen LogP contribution in [0, 0.1) is 0 Å². The smallest absolute Gasteiger partial charge is 0.481 e. The zero-order chi connectivity index (χ0) is 19.5. The van der Waals surface area contributed by atoms with Gasteiger partial charge in [-0.3, -0.25) is 9.59 Å². The van der Waals surface area contributed by atoms with Crippen molar-refractivity contribution in [2.75, 3.05) is 18.1 Å². The van der Waals surface area contributed by atoms with E-state index in [1.165, 1.54) is 21.6 Å². The number of alkyl halides is 4. The fourth-order valence-electron chi connectivity index (χ4n) is 1.42. The number of allylic oxidation sites excluding steroid dienone is 2. The Bertz CT molecular complexity index is 491. The molecule has 0 aromatic carbocycles. The molecule has 1 aliphatic rings. The van der Waals surface area contributed by atoms with Crippen molar-refractivity contribution < 1.29 is 42.2 Å². The fourth-order valence-corrected chi connectivity index (χ4v) is 3.31. The molecule has 0 aromatic rings. The summed E-state index contributed by atoms with van der Waals surface area (Å²) in [6.45, 7) is 0.398. The zero-order valence-electron chi connectivity index (χ0n) is 12.8. The van der Waals surface area contributed by atoms with Crippen LogP contribution in [0.5, 0.6) is 0 Å². The number of aliphatic carboxylic acids is 2. The first-order valence-electron chi connectivity index (χ1n) is 6.87. The van der Waals surface area contributed by atoms with E-state index in [0.717, 1.165) is 0 Å². The summed E-state index contributed by atoms with van der Waals surface area (Å²) in [6, 6.07) is 0. The van der Waals surface area contributed by atoms with Crippen LogP contribution in [0.15, 0.2) is 12.2 Å². The lowest BCUT2D eigenvalue weighted by Crippen LogP contribution is -2.42. The van der Waals surface area contributed by atoms with Crippen molar-refractivity contribution in [3.63, 3.8) is 0 Å². The number of rotatable bonds is 8. The summed E-state index contributed by atoms with van der Waals surface area (Å²) in [5.74, 6) is -2.95. The molecule has 12 heteroatoms. The number of carboxylic acid groups (broad SMARTS) is 2. The largest absolute Gasteiger partial charge is 0.490 e. The van der Waals surface area contributed by atoms with Crippen molar-refractivity contribution in [1.29, 1.82) is 0 Å². The molecular weight excluding hydrogens is 390 g/mol. The molecule has 3 N–H and O–H groups in total. The summed E-state index contributed by atoms with van der Waals surface area (Å²) in [4.78, 5) is 30.7. The van der Waals surface area contributed by atoms with E-state index < -0.39 is 29.7 Å². The Morgan fingerprint density at radius 2 is 1.56 bits per heavy atom. The van der Waals surface area contributed by atoms with Crippen molar-refractivity contribution in [3.8, 4) is 0 Å². The van der Waals surface area contributed by atoms with Gasteiger partial charge in [0.25, 0.3) is 5.91 Å². The predicted octanol–water partition coefficient (Wildman–Crippen LogP) is 2.65. The monoisotopic (exact) mass is 407 g/mol. The normalized spacial score (nSPS) is 15.2. The van der Waals surface area contributed by atoms with Crippen molar-refractivity contribution in [2.24, 2.45) is 0 Å². The fraction of sp³-hybridized carbons (Fsp3) is 0.615. The maximum absolute atomic E-state index is 13.9. The average molecular weight is 407 g/mol. The highest BCUT2D eigenvalue weighted by Gasteiger charge is 2.39. The lowest BCUT2D eigenvalue weighted by Gasteiger charge is -2.17. The minimum atomic E-state index is -5.08. The molecule has 1 rings (SSSR count). The van der Waals surface area contributed by atoms with Gasteiger partial charge in [0.2, 0.25) is 0 Å². The molecule has 0 aliphatic heterocycles. The Labute approximate surface area is 148 Å². The van der Waals surface area contributed by atoms with Gasteiger partial charge in [0, 0.05) is 30.9 Å². The lowest BCUT2D eigenvalue weighted by molar-refractivity contribution is -0.192. The van der Waals surface area contributed by atoms with Crippen LogP contribution in [0.2, 0.25) is 0 Å². The van der Waals surface area contributed by atoms with Crippen molar-refractivity contribution in [1.82, 2.24) is 5.32 Å². The second-order valence-electron chi connectivity index (χ2n) is 4.69. The number of amides is 1. The van der Waals surface area contributed by atoms with Crippen LogP contribution in [-0.4, -0.2) is 58.0 Å². The first-order valence-corrected chi connectivity index (χ1v) is 9.36. The first kappa shape index (κ1) is 23.6. The maximum atomic E-state index is 13.9. The molecule has 25 heavy (non-hydrogen) atoms. The second-order valence-corrected chi connectivity index (χ2v) is 7.39. The van der Waals surface area contributed by atoms with Crippen LogP contribution < -0.4 is 5.32 Å². The summed E-state index contributed by atoms with van der Waals surface area (Å²) < 4.78 is 45.6. The summed E-state index contributed by atoms with van der Waals surface area (Å²) in [5.41, 5.74) is -1.76. The molecule has 0 atom stereocenters. The topological polar surface area (TPSA) is 104 Å². The van der Waals surface area contributed by atoms with E-state index in [9.17, 15) is 27.2 Å². The molecule has 1 amide bonds. The summed E-state index contributed by atoms with van der Waals surface area (Å²) in [7, 11) is 2.92. The van der Waals surface area contributed by atoms with Crippen LogP contribution in [0.1, 0.15) is 19.3 Å². The highest BCUT2D eigenvalue weighted by Crippen LogP contribution is 2.28. The number of carbonyl (C=O) groups excluding carboxylic acids is 1. The number of carboxylic acids is 2. The van der Waals surface area contributed by atoms with Gasteiger partial charge < -0.3 is 15.5 Å². The van der Waals surface area contributed by atoms with Gasteiger partial charge in [0.05, 0.1) is 6.42 Å². The summed E-state index contributed by atoms with van der Waals surface area (Å²) in [6.07, 6.45) is -1.30. The molecule has 0 aromatic heterocycles. The Kier molecular flexibility index (Phi) is 10.6. The van der Waals surface area contributed by atoms with Crippen LogP contribution in [0.25, 0.3) is 0 Å². The third-order valence-electron chi connectivity index (χ3n) is 2.65. The number of hydrogen-bond donors (Lipinski definition) is 3. The zero-order valence-corrected chi connectivity index (χ0v) is 14.5. The summed E-state index contributed by atoms with van der Waals surface area (Å²) >= 11 is 0. The number of hydrogen-bond acceptors (Lipinski definition) is 5. The molecule has 0 bridgehead atoms. The van der Waals surface area contributed by atoms with Crippen LogP contribution in [-0.2, 0) is 14.4 Å². The third kappa shape index (κ3) is 10.9. The minimum Gasteiger partial charge on any atom is -0.481 e. The Hall–Kier alpha value is -1.43. The molecule has 0 fully saturated rings. The Morgan fingerprint density at radius 3 is 2.00 bits per heavy atom. The van der Waals surface area contributed by atoms with Gasteiger partial charge in [-0.2, -0.15) is 13.2 Å². The molecule has 0 saturated carbocycles.